The second-order valence-electron chi connectivity index (χ2n) is 4.54. The minimum absolute atomic E-state index is 0.213. The Morgan fingerprint density at radius 1 is 1.47 bits per heavy atom. The van der Waals surface area contributed by atoms with E-state index in [1.165, 1.54) is 12.3 Å². The quantitative estimate of drug-likeness (QED) is 0.861. The van der Waals surface area contributed by atoms with Crippen LogP contribution in [0.15, 0.2) is 30.7 Å². The number of aryl methyl sites for hydroxylation is 1. The van der Waals surface area contributed by atoms with E-state index in [1.54, 1.807) is 12.3 Å². The summed E-state index contributed by atoms with van der Waals surface area (Å²) in [5, 5.41) is 12.3. The largest absolute Gasteiger partial charge is 0.478 e. The third-order valence-corrected chi connectivity index (χ3v) is 3.31. The average molecular weight is 258 g/mol. The van der Waals surface area contributed by atoms with Crippen LogP contribution in [0, 0.1) is 0 Å². The molecule has 19 heavy (non-hydrogen) atoms. The number of hydrogen-bond acceptors (Lipinski definition) is 4. The van der Waals surface area contributed by atoms with Crippen LogP contribution in [-0.2, 0) is 13.1 Å². The van der Waals surface area contributed by atoms with Crippen molar-refractivity contribution in [1.29, 1.82) is 0 Å². The number of nitrogens with one attached hydrogen (secondary N) is 1. The molecule has 0 aromatic carbocycles. The van der Waals surface area contributed by atoms with Crippen molar-refractivity contribution in [2.24, 2.45) is 0 Å². The Labute approximate surface area is 110 Å². The molecule has 2 aromatic rings. The van der Waals surface area contributed by atoms with Crippen molar-refractivity contribution in [2.45, 2.75) is 25.6 Å². The SMILES string of the molecule is O=C(O)c1ccnc(CNC2CCn3ccnc32)c1. The summed E-state index contributed by atoms with van der Waals surface area (Å²) < 4.78 is 2.12. The molecule has 0 fully saturated rings. The lowest BCUT2D eigenvalue weighted by Gasteiger charge is -2.10. The fraction of sp³-hybridized carbons (Fsp3) is 0.308. The fourth-order valence-electron chi connectivity index (χ4n) is 2.35. The van der Waals surface area contributed by atoms with E-state index in [9.17, 15) is 4.79 Å². The Morgan fingerprint density at radius 2 is 2.37 bits per heavy atom. The Morgan fingerprint density at radius 3 is 3.21 bits per heavy atom. The van der Waals surface area contributed by atoms with Gasteiger partial charge in [-0.15, -0.1) is 0 Å². The van der Waals surface area contributed by atoms with Gasteiger partial charge in [-0.25, -0.2) is 9.78 Å². The van der Waals surface area contributed by atoms with Crippen LogP contribution in [0.1, 0.15) is 34.3 Å². The summed E-state index contributed by atoms with van der Waals surface area (Å²) in [6, 6.07) is 3.30. The molecule has 6 nitrogen and oxygen atoms in total. The van der Waals surface area contributed by atoms with Gasteiger partial charge in [0, 0.05) is 31.7 Å². The first-order valence-corrected chi connectivity index (χ1v) is 6.16. The smallest absolute Gasteiger partial charge is 0.335 e. The number of carbonyl (C=O) groups is 1. The third kappa shape index (κ3) is 2.34. The Hall–Kier alpha value is -2.21. The fourth-order valence-corrected chi connectivity index (χ4v) is 2.35. The molecule has 1 aliphatic heterocycles. The molecule has 2 N–H and O–H groups in total. The molecule has 2 aromatic heterocycles. The van der Waals surface area contributed by atoms with Gasteiger partial charge >= 0.3 is 5.97 Å². The average Bonchev–Trinajstić information content (AvgIpc) is 3.00. The highest BCUT2D eigenvalue weighted by atomic mass is 16.4. The maximum atomic E-state index is 10.9. The molecule has 0 spiro atoms. The zero-order chi connectivity index (χ0) is 13.2. The molecule has 1 atom stereocenters. The minimum Gasteiger partial charge on any atom is -0.478 e. The maximum absolute atomic E-state index is 10.9. The van der Waals surface area contributed by atoms with Crippen LogP contribution in [0.5, 0.6) is 0 Å². The summed E-state index contributed by atoms with van der Waals surface area (Å²) >= 11 is 0. The highest BCUT2D eigenvalue weighted by molar-refractivity contribution is 5.87. The number of fused-ring (bicyclic) bond motifs is 1. The van der Waals surface area contributed by atoms with Crippen LogP contribution in [0.4, 0.5) is 0 Å². The van der Waals surface area contributed by atoms with E-state index in [2.05, 4.69) is 19.9 Å². The summed E-state index contributed by atoms with van der Waals surface area (Å²) in [4.78, 5) is 19.4. The lowest BCUT2D eigenvalue weighted by Crippen LogP contribution is -2.20. The van der Waals surface area contributed by atoms with Gasteiger partial charge in [0.05, 0.1) is 17.3 Å². The molecule has 3 rings (SSSR count). The Bertz CT molecular complexity index is 608. The van der Waals surface area contributed by atoms with Crippen molar-refractivity contribution in [3.8, 4) is 0 Å². The van der Waals surface area contributed by atoms with Crippen molar-refractivity contribution >= 4 is 5.97 Å². The predicted octanol–water partition coefficient (Wildman–Crippen LogP) is 1.21. The van der Waals surface area contributed by atoms with Gasteiger partial charge in [0.25, 0.3) is 0 Å². The monoisotopic (exact) mass is 258 g/mol. The van der Waals surface area contributed by atoms with Gasteiger partial charge < -0.3 is 15.0 Å². The number of rotatable bonds is 4. The zero-order valence-corrected chi connectivity index (χ0v) is 10.3. The zero-order valence-electron chi connectivity index (χ0n) is 10.3. The van der Waals surface area contributed by atoms with E-state index < -0.39 is 5.97 Å². The van der Waals surface area contributed by atoms with E-state index in [0.29, 0.717) is 6.54 Å². The number of pyridine rings is 1. The molecule has 3 heterocycles. The number of nitrogens with zero attached hydrogens (tertiary/aromatic N) is 3. The Kier molecular flexibility index (Phi) is 3.00. The lowest BCUT2D eigenvalue weighted by atomic mass is 10.2. The molecule has 1 aliphatic rings. The third-order valence-electron chi connectivity index (χ3n) is 3.31. The number of carboxylic acid groups (broad SMARTS) is 1. The van der Waals surface area contributed by atoms with E-state index in [0.717, 1.165) is 24.5 Å². The van der Waals surface area contributed by atoms with Crippen molar-refractivity contribution < 1.29 is 9.90 Å². The van der Waals surface area contributed by atoms with Gasteiger partial charge in [-0.1, -0.05) is 0 Å². The second-order valence-corrected chi connectivity index (χ2v) is 4.54. The summed E-state index contributed by atoms with van der Waals surface area (Å²) in [7, 11) is 0. The normalized spacial score (nSPS) is 17.4. The molecular weight excluding hydrogens is 244 g/mol. The van der Waals surface area contributed by atoms with E-state index in [-0.39, 0.29) is 11.6 Å². The first kappa shape index (κ1) is 11.9. The first-order chi connectivity index (χ1) is 9.24. The standard InChI is InChI=1S/C13H14N4O2/c18-13(19)9-1-3-14-10(7-9)8-16-11-2-5-17-6-4-15-12(11)17/h1,3-4,6-7,11,16H,2,5,8H2,(H,18,19). The first-order valence-electron chi connectivity index (χ1n) is 6.16. The van der Waals surface area contributed by atoms with Gasteiger partial charge in [0.1, 0.15) is 5.82 Å². The number of aromatic nitrogens is 3. The Balaban J connectivity index is 1.67. The predicted molar refractivity (Wildman–Crippen MR) is 67.6 cm³/mol. The topological polar surface area (TPSA) is 80.0 Å². The van der Waals surface area contributed by atoms with E-state index >= 15 is 0 Å². The highest BCUT2D eigenvalue weighted by Crippen LogP contribution is 2.23. The van der Waals surface area contributed by atoms with Gasteiger partial charge in [0.15, 0.2) is 0 Å². The van der Waals surface area contributed by atoms with Gasteiger partial charge in [-0.3, -0.25) is 4.98 Å². The summed E-state index contributed by atoms with van der Waals surface area (Å²) in [5.74, 6) is 0.106. The van der Waals surface area contributed by atoms with E-state index in [1.807, 2.05) is 6.20 Å². The van der Waals surface area contributed by atoms with Crippen molar-refractivity contribution in [3.63, 3.8) is 0 Å². The molecule has 0 aliphatic carbocycles. The van der Waals surface area contributed by atoms with E-state index in [4.69, 9.17) is 5.11 Å². The molecular formula is C13H14N4O2. The van der Waals surface area contributed by atoms with Crippen molar-refractivity contribution in [1.82, 2.24) is 19.9 Å². The molecule has 6 heteroatoms. The van der Waals surface area contributed by atoms with Crippen LogP contribution in [0.3, 0.4) is 0 Å². The van der Waals surface area contributed by atoms with Crippen molar-refractivity contribution in [3.05, 3.63) is 47.8 Å². The van der Waals surface area contributed by atoms with Crippen LogP contribution in [0.2, 0.25) is 0 Å². The minimum atomic E-state index is -0.931. The highest BCUT2D eigenvalue weighted by Gasteiger charge is 2.22. The van der Waals surface area contributed by atoms with Crippen molar-refractivity contribution in [2.75, 3.05) is 0 Å². The molecule has 0 saturated carbocycles. The molecule has 98 valence electrons. The summed E-state index contributed by atoms with van der Waals surface area (Å²) in [5.41, 5.74) is 0.990. The molecule has 0 saturated heterocycles. The van der Waals surface area contributed by atoms with Crippen LogP contribution >= 0.6 is 0 Å². The van der Waals surface area contributed by atoms with Crippen LogP contribution in [-0.4, -0.2) is 25.6 Å². The number of aromatic carboxylic acids is 1. The summed E-state index contributed by atoms with van der Waals surface area (Å²) in [6.45, 7) is 1.51. The van der Waals surface area contributed by atoms with Crippen LogP contribution < -0.4 is 5.32 Å². The molecule has 1 unspecified atom stereocenters. The number of hydrogen-bond donors (Lipinski definition) is 2. The van der Waals surface area contributed by atoms with Gasteiger partial charge in [-0.2, -0.15) is 0 Å². The van der Waals surface area contributed by atoms with Gasteiger partial charge in [0.2, 0.25) is 0 Å². The van der Waals surface area contributed by atoms with Crippen LogP contribution in [0.25, 0.3) is 0 Å². The lowest BCUT2D eigenvalue weighted by molar-refractivity contribution is 0.0696. The number of carboxylic acids is 1. The van der Waals surface area contributed by atoms with Gasteiger partial charge in [-0.05, 0) is 18.6 Å². The molecule has 0 radical (unpaired) electrons. The maximum Gasteiger partial charge on any atom is 0.335 e. The molecule has 0 bridgehead atoms. The molecule has 0 amide bonds. The number of imidazole rings is 1. The summed E-state index contributed by atoms with van der Waals surface area (Å²) in [6.07, 6.45) is 6.30. The second kappa shape index (κ2) is 4.81.